The van der Waals surface area contributed by atoms with E-state index in [4.69, 9.17) is 0 Å². The van der Waals surface area contributed by atoms with Gasteiger partial charge in [-0.25, -0.2) is 26.4 Å². The van der Waals surface area contributed by atoms with E-state index in [1.54, 1.807) is 0 Å². The molecule has 0 fully saturated rings. The zero-order valence-corrected chi connectivity index (χ0v) is 13.0. The number of carbonyl (C=O) groups excluding carboxylic acids is 1. The summed E-state index contributed by atoms with van der Waals surface area (Å²) in [5, 5.41) is 4.37. The second-order valence-electron chi connectivity index (χ2n) is 4.75. The number of anilines is 3. The van der Waals surface area contributed by atoms with Crippen LogP contribution in [0.5, 0.6) is 0 Å². The van der Waals surface area contributed by atoms with Crippen LogP contribution in [0, 0.1) is 17.5 Å². The van der Waals surface area contributed by atoms with E-state index in [-0.39, 0.29) is 11.4 Å². The minimum absolute atomic E-state index is 0.273. The van der Waals surface area contributed by atoms with E-state index in [2.05, 4.69) is 10.0 Å². The molecule has 0 aromatic heterocycles. The molecule has 0 spiro atoms. The molecule has 2 aromatic carbocycles. The summed E-state index contributed by atoms with van der Waals surface area (Å²) in [6, 6.07) is 6.27. The van der Waals surface area contributed by atoms with Crippen LogP contribution in [0.15, 0.2) is 36.4 Å². The predicted octanol–water partition coefficient (Wildman–Crippen LogP) is 3.12. The zero-order valence-electron chi connectivity index (χ0n) is 12.2. The Balaban J connectivity index is 2.04. The summed E-state index contributed by atoms with van der Waals surface area (Å²) in [4.78, 5) is 11.7. The van der Waals surface area contributed by atoms with Gasteiger partial charge in [-0.15, -0.1) is 0 Å². The number of sulfonamides is 1. The number of urea groups is 1. The zero-order chi connectivity index (χ0) is 17.9. The van der Waals surface area contributed by atoms with E-state index in [9.17, 15) is 26.4 Å². The number of amides is 2. The normalized spacial score (nSPS) is 11.0. The molecule has 0 aliphatic rings. The molecule has 0 bridgehead atoms. The second kappa shape index (κ2) is 6.79. The van der Waals surface area contributed by atoms with Crippen LogP contribution in [0.2, 0.25) is 0 Å². The van der Waals surface area contributed by atoms with Crippen LogP contribution in [0.1, 0.15) is 0 Å². The first-order valence-electron chi connectivity index (χ1n) is 6.45. The number of hydrogen-bond donors (Lipinski definition) is 3. The maximum Gasteiger partial charge on any atom is 0.323 e. The second-order valence-corrected chi connectivity index (χ2v) is 6.50. The Labute approximate surface area is 135 Å². The Morgan fingerprint density at radius 2 is 1.46 bits per heavy atom. The summed E-state index contributed by atoms with van der Waals surface area (Å²) >= 11 is 0. The van der Waals surface area contributed by atoms with Crippen LogP contribution in [0.3, 0.4) is 0 Å². The first-order chi connectivity index (χ1) is 11.2. The van der Waals surface area contributed by atoms with Crippen molar-refractivity contribution in [2.24, 2.45) is 0 Å². The molecule has 3 N–H and O–H groups in total. The summed E-state index contributed by atoms with van der Waals surface area (Å²) in [7, 11) is -3.42. The highest BCUT2D eigenvalue weighted by molar-refractivity contribution is 7.92. The first-order valence-corrected chi connectivity index (χ1v) is 8.34. The average molecular weight is 359 g/mol. The van der Waals surface area contributed by atoms with Gasteiger partial charge in [-0.1, -0.05) is 0 Å². The fourth-order valence-electron chi connectivity index (χ4n) is 1.74. The van der Waals surface area contributed by atoms with Crippen molar-refractivity contribution in [3.8, 4) is 0 Å². The molecule has 0 atom stereocenters. The quantitative estimate of drug-likeness (QED) is 0.733. The van der Waals surface area contributed by atoms with Crippen LogP contribution >= 0.6 is 0 Å². The summed E-state index contributed by atoms with van der Waals surface area (Å²) in [5.41, 5.74) is 0.0337. The van der Waals surface area contributed by atoms with Gasteiger partial charge in [0.1, 0.15) is 0 Å². The topological polar surface area (TPSA) is 87.3 Å². The molecule has 0 saturated carbocycles. The van der Waals surface area contributed by atoms with Crippen molar-refractivity contribution in [3.05, 3.63) is 53.8 Å². The van der Waals surface area contributed by atoms with Crippen molar-refractivity contribution in [1.82, 2.24) is 0 Å². The lowest BCUT2D eigenvalue weighted by Gasteiger charge is -2.10. The van der Waals surface area contributed by atoms with Crippen LogP contribution in [-0.2, 0) is 10.0 Å². The molecule has 0 heterocycles. The minimum Gasteiger partial charge on any atom is -0.308 e. The monoisotopic (exact) mass is 359 g/mol. The fraction of sp³-hybridized carbons (Fsp3) is 0.0714. The van der Waals surface area contributed by atoms with E-state index < -0.39 is 39.2 Å². The highest BCUT2D eigenvalue weighted by Crippen LogP contribution is 2.20. The van der Waals surface area contributed by atoms with Crippen molar-refractivity contribution in [2.45, 2.75) is 0 Å². The summed E-state index contributed by atoms with van der Waals surface area (Å²) in [6.45, 7) is 0. The van der Waals surface area contributed by atoms with Crippen molar-refractivity contribution in [2.75, 3.05) is 21.6 Å². The number of benzene rings is 2. The van der Waals surface area contributed by atoms with Crippen LogP contribution in [-0.4, -0.2) is 20.7 Å². The maximum absolute atomic E-state index is 13.4. The third-order valence-electron chi connectivity index (χ3n) is 2.73. The van der Waals surface area contributed by atoms with Crippen molar-refractivity contribution >= 4 is 33.1 Å². The molecule has 2 aromatic rings. The highest BCUT2D eigenvalue weighted by atomic mass is 32.2. The molecule has 2 rings (SSSR count). The number of nitrogens with one attached hydrogen (secondary N) is 3. The lowest BCUT2D eigenvalue weighted by Crippen LogP contribution is -2.20. The van der Waals surface area contributed by atoms with Crippen LogP contribution < -0.4 is 15.4 Å². The van der Waals surface area contributed by atoms with Crippen LogP contribution in [0.4, 0.5) is 35.0 Å². The molecule has 10 heteroatoms. The molecule has 0 unspecified atom stereocenters. The Bertz CT molecular complexity index is 871. The molecule has 0 aliphatic carbocycles. The molecule has 0 radical (unpaired) electrons. The van der Waals surface area contributed by atoms with Gasteiger partial charge in [0.15, 0.2) is 17.5 Å². The van der Waals surface area contributed by atoms with Gasteiger partial charge in [0.2, 0.25) is 10.0 Å². The lowest BCUT2D eigenvalue weighted by molar-refractivity contribution is 0.262. The van der Waals surface area contributed by atoms with Gasteiger partial charge in [-0.2, -0.15) is 0 Å². The fourth-order valence-corrected chi connectivity index (χ4v) is 2.31. The van der Waals surface area contributed by atoms with Gasteiger partial charge in [0.25, 0.3) is 0 Å². The molecular formula is C14H12F3N3O3S. The Kier molecular flexibility index (Phi) is 4.98. The molecule has 2 amide bonds. The van der Waals surface area contributed by atoms with Gasteiger partial charge >= 0.3 is 6.03 Å². The van der Waals surface area contributed by atoms with E-state index in [1.807, 2.05) is 5.32 Å². The molecule has 0 saturated heterocycles. The summed E-state index contributed by atoms with van der Waals surface area (Å²) in [6.07, 6.45) is 0.989. The van der Waals surface area contributed by atoms with Gasteiger partial charge in [0.05, 0.1) is 11.9 Å². The molecular weight excluding hydrogens is 347 g/mol. The van der Waals surface area contributed by atoms with Crippen LogP contribution in [0.25, 0.3) is 0 Å². The molecule has 24 heavy (non-hydrogen) atoms. The van der Waals surface area contributed by atoms with Gasteiger partial charge < -0.3 is 10.6 Å². The molecule has 6 nitrogen and oxygen atoms in total. The standard InChI is InChI=1S/C14H12F3N3O3S/c1-24(22,23)20-9-4-2-8(3-5-9)18-14(21)19-11-7-6-10(15)12(16)13(11)17/h2-7,20H,1H3,(H2,18,19,21). The SMILES string of the molecule is CS(=O)(=O)Nc1ccc(NC(=O)Nc2ccc(F)c(F)c2F)cc1. The highest BCUT2D eigenvalue weighted by Gasteiger charge is 2.15. The van der Waals surface area contributed by atoms with E-state index >= 15 is 0 Å². The predicted molar refractivity (Wildman–Crippen MR) is 83.9 cm³/mol. The van der Waals surface area contributed by atoms with Gasteiger partial charge in [-0.05, 0) is 36.4 Å². The lowest BCUT2D eigenvalue weighted by atomic mass is 10.2. The van der Waals surface area contributed by atoms with Gasteiger partial charge in [-0.3, -0.25) is 4.72 Å². The summed E-state index contributed by atoms with van der Waals surface area (Å²) in [5.74, 6) is -4.57. The average Bonchev–Trinajstić information content (AvgIpc) is 2.48. The van der Waals surface area contributed by atoms with E-state index in [0.717, 1.165) is 12.3 Å². The third-order valence-corrected chi connectivity index (χ3v) is 3.34. The number of halogens is 3. The molecule has 128 valence electrons. The Hall–Kier alpha value is -2.75. The van der Waals surface area contributed by atoms with Crippen molar-refractivity contribution in [1.29, 1.82) is 0 Å². The third kappa shape index (κ3) is 4.62. The van der Waals surface area contributed by atoms with Crippen molar-refractivity contribution in [3.63, 3.8) is 0 Å². The molecule has 0 aliphatic heterocycles. The Morgan fingerprint density at radius 1 is 0.875 bits per heavy atom. The maximum atomic E-state index is 13.4. The van der Waals surface area contributed by atoms with Crippen molar-refractivity contribution < 1.29 is 26.4 Å². The minimum atomic E-state index is -3.42. The van der Waals surface area contributed by atoms with Gasteiger partial charge in [0, 0.05) is 11.4 Å². The van der Waals surface area contributed by atoms with E-state index in [0.29, 0.717) is 6.07 Å². The number of carbonyl (C=O) groups is 1. The largest absolute Gasteiger partial charge is 0.323 e. The Morgan fingerprint density at radius 3 is 2.04 bits per heavy atom. The number of rotatable bonds is 4. The smallest absolute Gasteiger partial charge is 0.308 e. The number of hydrogen-bond acceptors (Lipinski definition) is 3. The first kappa shape index (κ1) is 17.6. The summed E-state index contributed by atoms with van der Waals surface area (Å²) < 4.78 is 63.7. The van der Waals surface area contributed by atoms with E-state index in [1.165, 1.54) is 24.3 Å².